The van der Waals surface area contributed by atoms with Crippen LogP contribution >= 0.6 is 27.3 Å². The maximum Gasteiger partial charge on any atom is 0.205 e. The number of hydrogen-bond donors (Lipinski definition) is 1. The Bertz CT molecular complexity index is 899. The molecule has 110 valence electrons. The number of benzene rings is 1. The van der Waals surface area contributed by atoms with Crippen molar-refractivity contribution in [3.63, 3.8) is 0 Å². The number of halogens is 1. The molecule has 3 aromatic rings. The molecule has 0 fully saturated rings. The lowest BCUT2D eigenvalue weighted by atomic mass is 10.1. The monoisotopic (exact) mass is 372 g/mol. The summed E-state index contributed by atoms with van der Waals surface area (Å²) in [6, 6.07) is 9.47. The first-order valence-electron chi connectivity index (χ1n) is 7.14. The van der Waals surface area contributed by atoms with Crippen LogP contribution in [0.3, 0.4) is 0 Å². The molecule has 5 heteroatoms. The second-order valence-corrected chi connectivity index (χ2v) is 7.40. The standard InChI is InChI=1S/C17H13BrN2OS/c18-11-6-4-9(5-7-11)15(21)16-14(19)12-8-10-2-1-3-13(10)20-17(12)22-16/h4-8H,1-3,19H2. The maximum absolute atomic E-state index is 12.7. The van der Waals surface area contributed by atoms with E-state index in [4.69, 9.17) is 10.7 Å². The van der Waals surface area contributed by atoms with Crippen molar-refractivity contribution >= 4 is 49.0 Å². The smallest absolute Gasteiger partial charge is 0.205 e. The average Bonchev–Trinajstić information content (AvgIpc) is 3.10. The SMILES string of the molecule is Nc1c(C(=O)c2ccc(Br)cc2)sc2nc3c(cc12)CCC3. The molecular formula is C17H13BrN2OS. The lowest BCUT2D eigenvalue weighted by Gasteiger charge is -2.00. The summed E-state index contributed by atoms with van der Waals surface area (Å²) in [7, 11) is 0. The number of rotatable bonds is 2. The summed E-state index contributed by atoms with van der Waals surface area (Å²) in [6.45, 7) is 0. The molecule has 0 spiro atoms. The van der Waals surface area contributed by atoms with E-state index in [-0.39, 0.29) is 5.78 Å². The minimum absolute atomic E-state index is 0.0341. The third-order valence-electron chi connectivity index (χ3n) is 4.06. The minimum atomic E-state index is -0.0341. The average molecular weight is 373 g/mol. The quantitative estimate of drug-likeness (QED) is 0.679. The Morgan fingerprint density at radius 3 is 2.77 bits per heavy atom. The van der Waals surface area contributed by atoms with Crippen LogP contribution in [0, 0.1) is 0 Å². The van der Waals surface area contributed by atoms with Crippen molar-refractivity contribution in [2.45, 2.75) is 19.3 Å². The zero-order chi connectivity index (χ0) is 15.3. The van der Waals surface area contributed by atoms with Crippen LogP contribution in [0.15, 0.2) is 34.8 Å². The van der Waals surface area contributed by atoms with Crippen LogP contribution in [0.2, 0.25) is 0 Å². The lowest BCUT2D eigenvalue weighted by Crippen LogP contribution is -2.01. The number of hydrogen-bond acceptors (Lipinski definition) is 4. The third kappa shape index (κ3) is 2.16. The van der Waals surface area contributed by atoms with E-state index < -0.39 is 0 Å². The van der Waals surface area contributed by atoms with Gasteiger partial charge in [0, 0.05) is 21.1 Å². The number of carbonyl (C=O) groups is 1. The Labute approximate surface area is 140 Å². The van der Waals surface area contributed by atoms with Gasteiger partial charge in [0.2, 0.25) is 5.78 Å². The highest BCUT2D eigenvalue weighted by atomic mass is 79.9. The summed E-state index contributed by atoms with van der Waals surface area (Å²) in [5.74, 6) is -0.0341. The number of pyridine rings is 1. The third-order valence-corrected chi connectivity index (χ3v) is 5.70. The molecule has 4 rings (SSSR count). The van der Waals surface area contributed by atoms with Gasteiger partial charge >= 0.3 is 0 Å². The number of nitrogens with zero attached hydrogens (tertiary/aromatic N) is 1. The van der Waals surface area contributed by atoms with Gasteiger partial charge in [-0.2, -0.15) is 0 Å². The second-order valence-electron chi connectivity index (χ2n) is 5.48. The Kier molecular flexibility index (Phi) is 3.27. The number of thiophene rings is 1. The summed E-state index contributed by atoms with van der Waals surface area (Å²) in [4.78, 5) is 18.9. The number of nitrogen functional groups attached to an aromatic ring is 1. The van der Waals surface area contributed by atoms with E-state index in [0.29, 0.717) is 16.1 Å². The van der Waals surface area contributed by atoms with E-state index in [9.17, 15) is 4.79 Å². The van der Waals surface area contributed by atoms with Crippen LogP contribution in [-0.2, 0) is 12.8 Å². The van der Waals surface area contributed by atoms with E-state index in [1.807, 2.05) is 24.3 Å². The normalized spacial score (nSPS) is 13.5. The summed E-state index contributed by atoms with van der Waals surface area (Å²) < 4.78 is 0.950. The molecule has 1 aromatic carbocycles. The topological polar surface area (TPSA) is 56.0 Å². The Morgan fingerprint density at radius 2 is 2.00 bits per heavy atom. The largest absolute Gasteiger partial charge is 0.397 e. The van der Waals surface area contributed by atoms with E-state index in [1.165, 1.54) is 16.9 Å². The first-order chi connectivity index (χ1) is 10.6. The number of carbonyl (C=O) groups excluding carboxylic acids is 1. The highest BCUT2D eigenvalue weighted by molar-refractivity contribution is 9.10. The summed E-state index contributed by atoms with van der Waals surface area (Å²) in [5, 5.41) is 0.922. The van der Waals surface area contributed by atoms with Crippen molar-refractivity contribution in [1.29, 1.82) is 0 Å². The fourth-order valence-corrected chi connectivity index (χ4v) is 4.22. The predicted octanol–water partition coefficient (Wildman–Crippen LogP) is 4.36. The van der Waals surface area contributed by atoms with Gasteiger partial charge < -0.3 is 5.73 Å². The minimum Gasteiger partial charge on any atom is -0.397 e. The van der Waals surface area contributed by atoms with Crippen molar-refractivity contribution in [2.24, 2.45) is 0 Å². The molecule has 0 atom stereocenters. The first-order valence-corrected chi connectivity index (χ1v) is 8.75. The van der Waals surface area contributed by atoms with Crippen LogP contribution in [-0.4, -0.2) is 10.8 Å². The molecule has 2 heterocycles. The van der Waals surface area contributed by atoms with Crippen molar-refractivity contribution in [1.82, 2.24) is 4.98 Å². The molecule has 0 saturated heterocycles. The Balaban J connectivity index is 1.83. The van der Waals surface area contributed by atoms with Crippen molar-refractivity contribution in [3.05, 3.63) is 56.5 Å². The van der Waals surface area contributed by atoms with E-state index in [1.54, 1.807) is 0 Å². The molecule has 3 nitrogen and oxygen atoms in total. The summed E-state index contributed by atoms with van der Waals surface area (Å²) >= 11 is 4.78. The van der Waals surface area contributed by atoms with Gasteiger partial charge in [-0.15, -0.1) is 11.3 Å². The number of nitrogens with two attached hydrogens (primary N) is 1. The van der Waals surface area contributed by atoms with Crippen LogP contribution in [0.1, 0.15) is 32.9 Å². The molecule has 22 heavy (non-hydrogen) atoms. The molecule has 0 aliphatic heterocycles. The van der Waals surface area contributed by atoms with Crippen LogP contribution in [0.25, 0.3) is 10.2 Å². The van der Waals surface area contributed by atoms with Crippen molar-refractivity contribution in [2.75, 3.05) is 5.73 Å². The van der Waals surface area contributed by atoms with Gasteiger partial charge in [0.05, 0.1) is 5.69 Å². The first kappa shape index (κ1) is 13.9. The number of anilines is 1. The van der Waals surface area contributed by atoms with Gasteiger partial charge in [-0.05, 0) is 55.2 Å². The van der Waals surface area contributed by atoms with Gasteiger partial charge in [0.25, 0.3) is 0 Å². The van der Waals surface area contributed by atoms with Crippen LogP contribution in [0.5, 0.6) is 0 Å². The van der Waals surface area contributed by atoms with Crippen LogP contribution < -0.4 is 5.73 Å². The van der Waals surface area contributed by atoms with Gasteiger partial charge in [0.1, 0.15) is 9.71 Å². The zero-order valence-corrected chi connectivity index (χ0v) is 14.1. The molecule has 0 unspecified atom stereocenters. The molecule has 0 saturated carbocycles. The molecule has 2 aromatic heterocycles. The summed E-state index contributed by atoms with van der Waals surface area (Å²) in [5.41, 5.74) is 9.89. The highest BCUT2D eigenvalue weighted by Gasteiger charge is 2.21. The summed E-state index contributed by atoms with van der Waals surface area (Å²) in [6.07, 6.45) is 3.24. The van der Waals surface area contributed by atoms with Gasteiger partial charge in [0.15, 0.2) is 0 Å². The van der Waals surface area contributed by atoms with E-state index in [2.05, 4.69) is 22.0 Å². The molecule has 1 aliphatic rings. The van der Waals surface area contributed by atoms with Gasteiger partial charge in [-0.25, -0.2) is 4.98 Å². The highest BCUT2D eigenvalue weighted by Crippen LogP contribution is 2.36. The fourth-order valence-electron chi connectivity index (χ4n) is 2.90. The van der Waals surface area contributed by atoms with Crippen molar-refractivity contribution < 1.29 is 4.79 Å². The predicted molar refractivity (Wildman–Crippen MR) is 93.6 cm³/mol. The van der Waals surface area contributed by atoms with Crippen LogP contribution in [0.4, 0.5) is 5.69 Å². The van der Waals surface area contributed by atoms with E-state index >= 15 is 0 Å². The number of ketones is 1. The van der Waals surface area contributed by atoms with Crippen molar-refractivity contribution in [3.8, 4) is 0 Å². The maximum atomic E-state index is 12.7. The van der Waals surface area contributed by atoms with E-state index in [0.717, 1.165) is 39.6 Å². The zero-order valence-electron chi connectivity index (χ0n) is 11.7. The lowest BCUT2D eigenvalue weighted by molar-refractivity contribution is 0.104. The molecule has 0 bridgehead atoms. The Morgan fingerprint density at radius 1 is 1.23 bits per heavy atom. The second kappa shape index (κ2) is 5.18. The molecule has 1 aliphatic carbocycles. The molecule has 0 radical (unpaired) electrons. The van der Waals surface area contributed by atoms with Gasteiger partial charge in [-0.1, -0.05) is 15.9 Å². The fraction of sp³-hybridized carbons (Fsp3) is 0.176. The molecule has 2 N–H and O–H groups in total. The number of aromatic nitrogens is 1. The Hall–Kier alpha value is -1.72. The number of aryl methyl sites for hydroxylation is 2. The van der Waals surface area contributed by atoms with Gasteiger partial charge in [-0.3, -0.25) is 4.79 Å². The number of fused-ring (bicyclic) bond motifs is 2. The molecule has 0 amide bonds. The molecular weight excluding hydrogens is 360 g/mol.